The van der Waals surface area contributed by atoms with Crippen LogP contribution in [0.15, 0.2) is 18.2 Å². The second-order valence-electron chi connectivity index (χ2n) is 6.81. The zero-order chi connectivity index (χ0) is 15.5. The SMILES string of the molecule is COc1ccc(OC)c(C2(N)CCCC(CC(C)C)C2)c1. The summed E-state index contributed by atoms with van der Waals surface area (Å²) in [7, 11) is 3.40. The number of rotatable bonds is 5. The standard InChI is InChI=1S/C18H29NO2/c1-13(2)10-14-6-5-9-18(19,12-14)16-11-15(20-3)7-8-17(16)21-4/h7-8,11,13-14H,5-6,9-10,12,19H2,1-4H3. The number of hydrogen-bond acceptors (Lipinski definition) is 3. The molecule has 1 saturated carbocycles. The van der Waals surface area contributed by atoms with Crippen molar-refractivity contribution >= 4 is 0 Å². The van der Waals surface area contributed by atoms with E-state index in [4.69, 9.17) is 15.2 Å². The molecule has 0 bridgehead atoms. The minimum absolute atomic E-state index is 0.294. The lowest BCUT2D eigenvalue weighted by molar-refractivity contribution is 0.198. The molecule has 1 aromatic rings. The van der Waals surface area contributed by atoms with Crippen molar-refractivity contribution in [2.24, 2.45) is 17.6 Å². The van der Waals surface area contributed by atoms with Crippen LogP contribution in [-0.2, 0) is 5.54 Å². The van der Waals surface area contributed by atoms with E-state index in [1.54, 1.807) is 14.2 Å². The number of benzene rings is 1. The summed E-state index contributed by atoms with van der Waals surface area (Å²) >= 11 is 0. The number of ether oxygens (including phenoxy) is 2. The minimum Gasteiger partial charge on any atom is -0.497 e. The average Bonchev–Trinajstić information content (AvgIpc) is 2.46. The van der Waals surface area contributed by atoms with Gasteiger partial charge in [-0.3, -0.25) is 0 Å². The molecule has 0 saturated heterocycles. The fourth-order valence-corrected chi connectivity index (χ4v) is 3.74. The van der Waals surface area contributed by atoms with Gasteiger partial charge in [0.05, 0.1) is 14.2 Å². The first-order valence-electron chi connectivity index (χ1n) is 8.00. The van der Waals surface area contributed by atoms with Gasteiger partial charge in [0.1, 0.15) is 11.5 Å². The number of methoxy groups -OCH3 is 2. The van der Waals surface area contributed by atoms with Gasteiger partial charge in [-0.05, 0) is 49.3 Å². The lowest BCUT2D eigenvalue weighted by Crippen LogP contribution is -2.42. The second kappa shape index (κ2) is 6.69. The van der Waals surface area contributed by atoms with Crippen LogP contribution in [0.3, 0.4) is 0 Å². The Balaban J connectivity index is 2.29. The van der Waals surface area contributed by atoms with Gasteiger partial charge in [-0.2, -0.15) is 0 Å². The van der Waals surface area contributed by atoms with Crippen molar-refractivity contribution in [1.82, 2.24) is 0 Å². The van der Waals surface area contributed by atoms with Gasteiger partial charge in [-0.15, -0.1) is 0 Å². The van der Waals surface area contributed by atoms with E-state index in [1.807, 2.05) is 12.1 Å². The first kappa shape index (κ1) is 16.2. The van der Waals surface area contributed by atoms with Crippen molar-refractivity contribution in [1.29, 1.82) is 0 Å². The molecule has 0 aromatic heterocycles. The Morgan fingerprint density at radius 3 is 2.67 bits per heavy atom. The predicted molar refractivity (Wildman–Crippen MR) is 86.8 cm³/mol. The maximum atomic E-state index is 6.81. The smallest absolute Gasteiger partial charge is 0.124 e. The summed E-state index contributed by atoms with van der Waals surface area (Å²) in [5.41, 5.74) is 7.61. The van der Waals surface area contributed by atoms with E-state index in [0.29, 0.717) is 5.92 Å². The van der Waals surface area contributed by atoms with E-state index < -0.39 is 0 Å². The summed E-state index contributed by atoms with van der Waals surface area (Å²) in [6.45, 7) is 4.58. The normalized spacial score (nSPS) is 25.9. The Labute approximate surface area is 128 Å². The summed E-state index contributed by atoms with van der Waals surface area (Å²) in [6, 6.07) is 5.95. The van der Waals surface area contributed by atoms with Crippen molar-refractivity contribution in [3.05, 3.63) is 23.8 Å². The van der Waals surface area contributed by atoms with Crippen molar-refractivity contribution in [2.75, 3.05) is 14.2 Å². The van der Waals surface area contributed by atoms with Crippen LogP contribution in [0.25, 0.3) is 0 Å². The fourth-order valence-electron chi connectivity index (χ4n) is 3.74. The Bertz CT molecular complexity index is 472. The van der Waals surface area contributed by atoms with Crippen LogP contribution in [0, 0.1) is 11.8 Å². The first-order chi connectivity index (χ1) is 9.98. The monoisotopic (exact) mass is 291 g/mol. The van der Waals surface area contributed by atoms with Gasteiger partial charge in [0.25, 0.3) is 0 Å². The molecule has 0 heterocycles. The van der Waals surface area contributed by atoms with Gasteiger partial charge in [-0.1, -0.05) is 26.7 Å². The highest BCUT2D eigenvalue weighted by Gasteiger charge is 2.36. The molecule has 1 aliphatic carbocycles. The molecule has 21 heavy (non-hydrogen) atoms. The van der Waals surface area contributed by atoms with Crippen molar-refractivity contribution in [3.63, 3.8) is 0 Å². The molecule has 3 nitrogen and oxygen atoms in total. The van der Waals surface area contributed by atoms with Crippen LogP contribution in [0.1, 0.15) is 51.5 Å². The highest BCUT2D eigenvalue weighted by molar-refractivity contribution is 5.44. The zero-order valence-electron chi connectivity index (χ0n) is 13.8. The molecular weight excluding hydrogens is 262 g/mol. The van der Waals surface area contributed by atoms with Crippen LogP contribution >= 0.6 is 0 Å². The largest absolute Gasteiger partial charge is 0.497 e. The molecule has 2 N–H and O–H groups in total. The highest BCUT2D eigenvalue weighted by atomic mass is 16.5. The summed E-state index contributed by atoms with van der Waals surface area (Å²) < 4.78 is 10.9. The maximum Gasteiger partial charge on any atom is 0.124 e. The van der Waals surface area contributed by atoms with E-state index in [1.165, 1.54) is 19.3 Å². The third-order valence-corrected chi connectivity index (χ3v) is 4.64. The maximum absolute atomic E-state index is 6.81. The lowest BCUT2D eigenvalue weighted by atomic mass is 9.70. The topological polar surface area (TPSA) is 44.5 Å². The molecule has 118 valence electrons. The van der Waals surface area contributed by atoms with Crippen molar-refractivity contribution < 1.29 is 9.47 Å². The minimum atomic E-state index is -0.294. The van der Waals surface area contributed by atoms with Crippen LogP contribution in [0.4, 0.5) is 0 Å². The third kappa shape index (κ3) is 3.70. The molecule has 0 radical (unpaired) electrons. The zero-order valence-corrected chi connectivity index (χ0v) is 13.8. The summed E-state index contributed by atoms with van der Waals surface area (Å²) in [5.74, 6) is 3.16. The van der Waals surface area contributed by atoms with E-state index >= 15 is 0 Å². The molecular formula is C18H29NO2. The molecule has 2 rings (SSSR count). The summed E-state index contributed by atoms with van der Waals surface area (Å²) in [6.07, 6.45) is 5.79. The summed E-state index contributed by atoms with van der Waals surface area (Å²) in [5, 5.41) is 0. The number of nitrogens with two attached hydrogens (primary N) is 1. The molecule has 0 aliphatic heterocycles. The fraction of sp³-hybridized carbons (Fsp3) is 0.667. The van der Waals surface area contributed by atoms with Crippen LogP contribution in [-0.4, -0.2) is 14.2 Å². The van der Waals surface area contributed by atoms with Crippen LogP contribution in [0.5, 0.6) is 11.5 Å². The Hall–Kier alpha value is -1.22. The van der Waals surface area contributed by atoms with Gasteiger partial charge in [0.15, 0.2) is 0 Å². The third-order valence-electron chi connectivity index (χ3n) is 4.64. The lowest BCUT2D eigenvalue weighted by Gasteiger charge is -2.39. The van der Waals surface area contributed by atoms with E-state index in [-0.39, 0.29) is 5.54 Å². The summed E-state index contributed by atoms with van der Waals surface area (Å²) in [4.78, 5) is 0. The van der Waals surface area contributed by atoms with Crippen LogP contribution in [0.2, 0.25) is 0 Å². The molecule has 1 fully saturated rings. The Kier molecular flexibility index (Phi) is 5.15. The van der Waals surface area contributed by atoms with Gasteiger partial charge in [-0.25, -0.2) is 0 Å². The Morgan fingerprint density at radius 1 is 1.29 bits per heavy atom. The van der Waals surface area contributed by atoms with Gasteiger partial charge >= 0.3 is 0 Å². The quantitative estimate of drug-likeness (QED) is 0.888. The average molecular weight is 291 g/mol. The van der Waals surface area contributed by atoms with Gasteiger partial charge in [0.2, 0.25) is 0 Å². The predicted octanol–water partition coefficient (Wildman–Crippen LogP) is 4.09. The molecule has 0 spiro atoms. The molecule has 2 atom stereocenters. The molecule has 1 aromatic carbocycles. The van der Waals surface area contributed by atoms with E-state index in [9.17, 15) is 0 Å². The molecule has 3 heteroatoms. The molecule has 0 amide bonds. The number of hydrogen-bond donors (Lipinski definition) is 1. The van der Waals surface area contributed by atoms with E-state index in [0.717, 1.165) is 35.8 Å². The van der Waals surface area contributed by atoms with E-state index in [2.05, 4.69) is 19.9 Å². The Morgan fingerprint density at radius 2 is 2.05 bits per heavy atom. The van der Waals surface area contributed by atoms with Crippen molar-refractivity contribution in [3.8, 4) is 11.5 Å². The van der Waals surface area contributed by atoms with Gasteiger partial charge in [0, 0.05) is 11.1 Å². The second-order valence-corrected chi connectivity index (χ2v) is 6.81. The van der Waals surface area contributed by atoms with Crippen LogP contribution < -0.4 is 15.2 Å². The van der Waals surface area contributed by atoms with Crippen molar-refractivity contribution in [2.45, 2.75) is 51.5 Å². The highest BCUT2D eigenvalue weighted by Crippen LogP contribution is 2.44. The van der Waals surface area contributed by atoms with Gasteiger partial charge < -0.3 is 15.2 Å². The molecule has 2 unspecified atom stereocenters. The first-order valence-corrected chi connectivity index (χ1v) is 8.00. The molecule has 1 aliphatic rings.